The van der Waals surface area contributed by atoms with Gasteiger partial charge in [-0.25, -0.2) is 9.97 Å². The highest BCUT2D eigenvalue weighted by molar-refractivity contribution is 9.10. The fourth-order valence-corrected chi connectivity index (χ4v) is 5.88. The monoisotopic (exact) mass is 562 g/mol. The van der Waals surface area contributed by atoms with Crippen LogP contribution in [-0.2, 0) is 17.8 Å². The molecule has 36 heavy (non-hydrogen) atoms. The third-order valence-corrected chi connectivity index (χ3v) is 7.70. The smallest absolute Gasteiger partial charge is 0.246 e. The van der Waals surface area contributed by atoms with Crippen LogP contribution in [0.25, 0.3) is 10.8 Å². The van der Waals surface area contributed by atoms with Gasteiger partial charge in [0.2, 0.25) is 11.2 Å². The van der Waals surface area contributed by atoms with E-state index in [0.29, 0.717) is 31.8 Å². The van der Waals surface area contributed by atoms with Gasteiger partial charge < -0.3 is 14.7 Å². The Morgan fingerprint density at radius 2 is 1.94 bits per heavy atom. The second-order valence-corrected chi connectivity index (χ2v) is 10.1. The van der Waals surface area contributed by atoms with Crippen LogP contribution in [0.3, 0.4) is 0 Å². The average Bonchev–Trinajstić information content (AvgIpc) is 2.90. The molecule has 2 aromatic carbocycles. The van der Waals surface area contributed by atoms with E-state index in [2.05, 4.69) is 85.3 Å². The summed E-state index contributed by atoms with van der Waals surface area (Å²) < 4.78 is 1.05. The largest absolute Gasteiger partial charge is 0.365 e. The summed E-state index contributed by atoms with van der Waals surface area (Å²) in [4.78, 5) is 27.7. The molecular formula is C27H24BrClN6O. The molecule has 0 aliphatic carbocycles. The van der Waals surface area contributed by atoms with Gasteiger partial charge in [-0.15, -0.1) is 0 Å². The summed E-state index contributed by atoms with van der Waals surface area (Å²) in [5.41, 5.74) is 3.42. The molecule has 1 fully saturated rings. The Morgan fingerprint density at radius 3 is 2.69 bits per heavy atom. The van der Waals surface area contributed by atoms with Crippen molar-refractivity contribution in [3.63, 3.8) is 0 Å². The quantitative estimate of drug-likeness (QED) is 0.256. The van der Waals surface area contributed by atoms with Crippen molar-refractivity contribution >= 4 is 55.7 Å². The summed E-state index contributed by atoms with van der Waals surface area (Å²) in [6.45, 7) is 10.3. The lowest BCUT2D eigenvalue weighted by Crippen LogP contribution is -2.56. The third-order valence-electron chi connectivity index (χ3n) is 6.87. The summed E-state index contributed by atoms with van der Waals surface area (Å²) in [5.74, 6) is 0.556. The minimum absolute atomic E-state index is 0.185. The zero-order chi connectivity index (χ0) is 25.4. The van der Waals surface area contributed by atoms with Gasteiger partial charge >= 0.3 is 0 Å². The summed E-state index contributed by atoms with van der Waals surface area (Å²) >= 11 is 10.1. The van der Waals surface area contributed by atoms with E-state index >= 15 is 0 Å². The van der Waals surface area contributed by atoms with E-state index in [0.717, 1.165) is 40.2 Å². The molecule has 0 radical (unpaired) electrons. The van der Waals surface area contributed by atoms with Gasteiger partial charge in [-0.05, 0) is 41.6 Å². The normalized spacial score (nSPS) is 17.5. The van der Waals surface area contributed by atoms with Gasteiger partial charge in [-0.1, -0.05) is 53.4 Å². The second-order valence-electron chi connectivity index (χ2n) is 8.86. The first-order chi connectivity index (χ1) is 17.4. The van der Waals surface area contributed by atoms with Gasteiger partial charge in [0.1, 0.15) is 5.82 Å². The fourth-order valence-electron chi connectivity index (χ4n) is 5.12. The predicted octanol–water partition coefficient (Wildman–Crippen LogP) is 4.89. The molecule has 1 atom stereocenters. The molecule has 0 unspecified atom stereocenters. The number of piperazine rings is 1. The molecule has 7 nitrogen and oxygen atoms in total. The number of aromatic nitrogens is 2. The number of nitriles is 1. The van der Waals surface area contributed by atoms with Crippen molar-refractivity contribution in [3.8, 4) is 6.07 Å². The van der Waals surface area contributed by atoms with Crippen LogP contribution >= 0.6 is 27.5 Å². The molecule has 2 aliphatic rings. The second kappa shape index (κ2) is 9.92. The van der Waals surface area contributed by atoms with Gasteiger partial charge in [-0.2, -0.15) is 5.26 Å². The van der Waals surface area contributed by atoms with Crippen LogP contribution in [0.1, 0.15) is 11.3 Å². The number of nitrogens with zero attached hydrogens (tertiary/aromatic N) is 6. The topological polar surface area (TPSA) is 76.4 Å². The van der Waals surface area contributed by atoms with Crippen LogP contribution in [-0.4, -0.2) is 53.0 Å². The van der Waals surface area contributed by atoms with Crippen LogP contribution in [0.4, 0.5) is 11.5 Å². The highest BCUT2D eigenvalue weighted by Gasteiger charge is 2.34. The van der Waals surface area contributed by atoms with Crippen molar-refractivity contribution in [2.75, 3.05) is 36.0 Å². The Morgan fingerprint density at radius 1 is 1.17 bits per heavy atom. The molecule has 5 rings (SSSR count). The highest BCUT2D eigenvalue weighted by Crippen LogP contribution is 2.37. The maximum atomic E-state index is 12.4. The first-order valence-electron chi connectivity index (χ1n) is 11.7. The van der Waals surface area contributed by atoms with Crippen LogP contribution in [0, 0.1) is 11.3 Å². The number of halogens is 2. The maximum absolute atomic E-state index is 12.4. The molecular weight excluding hydrogens is 540 g/mol. The first kappa shape index (κ1) is 24.3. The number of anilines is 2. The van der Waals surface area contributed by atoms with E-state index < -0.39 is 6.04 Å². The number of benzene rings is 2. The highest BCUT2D eigenvalue weighted by atomic mass is 79.9. The minimum atomic E-state index is -0.452. The third kappa shape index (κ3) is 4.34. The van der Waals surface area contributed by atoms with E-state index in [1.807, 2.05) is 6.07 Å². The van der Waals surface area contributed by atoms with Gasteiger partial charge in [-0.3, -0.25) is 4.79 Å². The lowest BCUT2D eigenvalue weighted by molar-refractivity contribution is -0.127. The number of hydrogen-bond donors (Lipinski definition) is 0. The van der Waals surface area contributed by atoms with Crippen LogP contribution in [0.5, 0.6) is 0 Å². The van der Waals surface area contributed by atoms with Crippen LogP contribution in [0.15, 0.2) is 65.7 Å². The van der Waals surface area contributed by atoms with Crippen LogP contribution in [0.2, 0.25) is 5.28 Å². The first-order valence-corrected chi connectivity index (χ1v) is 12.8. The van der Waals surface area contributed by atoms with Crippen LogP contribution < -0.4 is 9.80 Å². The zero-order valence-corrected chi connectivity index (χ0v) is 22.0. The predicted molar refractivity (Wildman–Crippen MR) is 146 cm³/mol. The van der Waals surface area contributed by atoms with Gasteiger partial charge in [0.05, 0.1) is 24.3 Å². The molecule has 0 bridgehead atoms. The van der Waals surface area contributed by atoms with E-state index in [1.54, 1.807) is 4.90 Å². The Balaban J connectivity index is 1.48. The molecule has 1 aromatic heterocycles. The average molecular weight is 564 g/mol. The molecule has 0 N–H and O–H groups in total. The molecule has 0 spiro atoms. The molecule has 1 amide bonds. The van der Waals surface area contributed by atoms with E-state index in [9.17, 15) is 10.1 Å². The van der Waals surface area contributed by atoms with Gasteiger partial charge in [0, 0.05) is 52.9 Å². The molecule has 2 aliphatic heterocycles. The lowest BCUT2D eigenvalue weighted by Gasteiger charge is -2.42. The number of hydrogen-bond acceptors (Lipinski definition) is 6. The maximum Gasteiger partial charge on any atom is 0.246 e. The number of rotatable bonds is 4. The fraction of sp³-hybridized carbons (Fsp3) is 0.259. The number of amides is 1. The molecule has 1 saturated heterocycles. The SMILES string of the molecule is C=CC(=O)N1CCN(c2nc(Cl)nc3c2CCN(c2cccc4cccc(Br)c24)C3)C[C@@H]1C(=C)C#N. The molecule has 3 aromatic rings. The van der Waals surface area contributed by atoms with Gasteiger partial charge in [0.15, 0.2) is 0 Å². The minimum Gasteiger partial charge on any atom is -0.365 e. The van der Waals surface area contributed by atoms with Crippen molar-refractivity contribution in [1.29, 1.82) is 5.26 Å². The molecule has 0 saturated carbocycles. The summed E-state index contributed by atoms with van der Waals surface area (Å²) in [6.07, 6.45) is 2.02. The van der Waals surface area contributed by atoms with Crippen molar-refractivity contribution in [3.05, 3.63) is 82.2 Å². The number of carbonyl (C=O) groups excluding carboxylic acids is 1. The number of fused-ring (bicyclic) bond motifs is 2. The summed E-state index contributed by atoms with van der Waals surface area (Å²) in [5, 5.41) is 12.0. The van der Waals surface area contributed by atoms with Crippen molar-refractivity contribution < 1.29 is 4.79 Å². The summed E-state index contributed by atoms with van der Waals surface area (Å²) in [7, 11) is 0. The molecule has 9 heteroatoms. The standard InChI is InChI=1S/C27H24BrClN6O/c1-3-24(36)35-13-12-34(16-23(35)17(2)14-30)26-19-10-11-33(15-21(19)31-27(29)32-26)22-9-5-7-18-6-4-8-20(28)25(18)22/h3-9,23H,1-2,10-13,15-16H2/t23-/m1/s1. The van der Waals surface area contributed by atoms with E-state index in [1.165, 1.54) is 16.8 Å². The van der Waals surface area contributed by atoms with Crippen molar-refractivity contribution in [1.82, 2.24) is 14.9 Å². The van der Waals surface area contributed by atoms with E-state index in [-0.39, 0.29) is 11.2 Å². The Labute approximate surface area is 223 Å². The van der Waals surface area contributed by atoms with E-state index in [4.69, 9.17) is 11.6 Å². The lowest BCUT2D eigenvalue weighted by atomic mass is 10.0. The van der Waals surface area contributed by atoms with Crippen molar-refractivity contribution in [2.45, 2.75) is 19.0 Å². The van der Waals surface area contributed by atoms with Gasteiger partial charge in [0.25, 0.3) is 0 Å². The Bertz CT molecular complexity index is 1430. The summed E-state index contributed by atoms with van der Waals surface area (Å²) in [6, 6.07) is 14.2. The zero-order valence-electron chi connectivity index (χ0n) is 19.6. The molecule has 182 valence electrons. The Hall–Kier alpha value is -3.41. The number of carbonyl (C=O) groups is 1. The molecule has 3 heterocycles. The Kier molecular flexibility index (Phi) is 6.69. The van der Waals surface area contributed by atoms with Crippen molar-refractivity contribution in [2.24, 2.45) is 0 Å².